The molecule has 4 aromatic rings. The van der Waals surface area contributed by atoms with E-state index in [1.807, 2.05) is 38.3 Å². The summed E-state index contributed by atoms with van der Waals surface area (Å²) in [7, 11) is 0. The van der Waals surface area contributed by atoms with E-state index in [2.05, 4.69) is 20.6 Å². The third-order valence-corrected chi connectivity index (χ3v) is 5.88. The number of nitrogens with one attached hydrogen (secondary N) is 2. The number of thioether (sulfide) groups is 1. The largest absolute Gasteiger partial charge is 0.324 e. The monoisotopic (exact) mass is 458 g/mol. The van der Waals surface area contributed by atoms with Gasteiger partial charge in [0, 0.05) is 28.7 Å². The van der Waals surface area contributed by atoms with Gasteiger partial charge in [-0.1, -0.05) is 12.1 Å². The third-order valence-electron chi connectivity index (χ3n) is 5.14. The molecule has 0 aliphatic heterocycles. The van der Waals surface area contributed by atoms with E-state index in [1.165, 1.54) is 23.9 Å². The predicted molar refractivity (Wildman–Crippen MR) is 133 cm³/mol. The number of nitrogens with zero attached hydrogens (tertiary/aromatic N) is 2. The van der Waals surface area contributed by atoms with Gasteiger partial charge in [-0.25, -0.2) is 14.4 Å². The highest BCUT2D eigenvalue weighted by atomic mass is 32.2. The Morgan fingerprint density at radius 2 is 1.70 bits per heavy atom. The SMILES string of the molecule is CSc1cnc(Nc2ccc(C(=O)Nc3cc(C)ccc3C)cc2)nc1-c1ccc(F)cc1. The number of amides is 1. The van der Waals surface area contributed by atoms with Gasteiger partial charge in [0.25, 0.3) is 5.91 Å². The number of aromatic nitrogens is 2. The van der Waals surface area contributed by atoms with Crippen LogP contribution < -0.4 is 10.6 Å². The lowest BCUT2D eigenvalue weighted by Gasteiger charge is -2.11. The fourth-order valence-corrected chi connectivity index (χ4v) is 3.81. The topological polar surface area (TPSA) is 66.9 Å². The molecule has 0 fully saturated rings. The number of hydrogen-bond donors (Lipinski definition) is 2. The first-order valence-corrected chi connectivity index (χ1v) is 11.6. The smallest absolute Gasteiger partial charge is 0.255 e. The van der Waals surface area contributed by atoms with Crippen molar-refractivity contribution >= 4 is 35.0 Å². The summed E-state index contributed by atoms with van der Waals surface area (Å²) in [6.07, 6.45) is 3.69. The first-order chi connectivity index (χ1) is 15.9. The van der Waals surface area contributed by atoms with E-state index in [9.17, 15) is 9.18 Å². The Bertz CT molecular complexity index is 1290. The van der Waals surface area contributed by atoms with Crippen molar-refractivity contribution < 1.29 is 9.18 Å². The molecule has 2 N–H and O–H groups in total. The van der Waals surface area contributed by atoms with Gasteiger partial charge in [-0.05, 0) is 85.8 Å². The molecule has 0 saturated heterocycles. The van der Waals surface area contributed by atoms with E-state index in [1.54, 1.807) is 42.6 Å². The van der Waals surface area contributed by atoms with E-state index < -0.39 is 0 Å². The Hall–Kier alpha value is -3.71. The van der Waals surface area contributed by atoms with E-state index in [-0.39, 0.29) is 11.7 Å². The van der Waals surface area contributed by atoms with Crippen LogP contribution >= 0.6 is 11.8 Å². The van der Waals surface area contributed by atoms with Crippen LogP contribution in [0.3, 0.4) is 0 Å². The molecule has 0 atom stereocenters. The van der Waals surface area contributed by atoms with Crippen LogP contribution in [-0.2, 0) is 0 Å². The molecule has 0 unspecified atom stereocenters. The van der Waals surface area contributed by atoms with E-state index in [0.717, 1.165) is 38.7 Å². The summed E-state index contributed by atoms with van der Waals surface area (Å²) in [6, 6.07) is 19.3. The second-order valence-corrected chi connectivity index (χ2v) is 8.44. The van der Waals surface area contributed by atoms with E-state index in [0.29, 0.717) is 11.5 Å². The van der Waals surface area contributed by atoms with Crippen molar-refractivity contribution in [2.45, 2.75) is 18.7 Å². The first-order valence-electron chi connectivity index (χ1n) is 10.4. The zero-order valence-electron chi connectivity index (χ0n) is 18.5. The number of hydrogen-bond acceptors (Lipinski definition) is 5. The standard InChI is InChI=1S/C26H23FN4OS/c1-16-4-5-17(2)22(14-16)30-25(32)19-8-12-21(13-9-19)29-26-28-15-23(33-3)24(31-26)18-6-10-20(27)11-7-18/h4-15H,1-3H3,(H,30,32)(H,28,29,31). The molecule has 4 rings (SSSR count). The fourth-order valence-electron chi connectivity index (χ4n) is 3.29. The molecule has 7 heteroatoms. The minimum absolute atomic E-state index is 0.172. The van der Waals surface area contributed by atoms with Gasteiger partial charge in [-0.3, -0.25) is 4.79 Å². The second kappa shape index (κ2) is 9.83. The molecule has 1 amide bonds. The molecule has 0 aliphatic carbocycles. The van der Waals surface area contributed by atoms with Gasteiger partial charge in [-0.15, -0.1) is 11.8 Å². The van der Waals surface area contributed by atoms with E-state index >= 15 is 0 Å². The van der Waals surface area contributed by atoms with Gasteiger partial charge in [0.15, 0.2) is 0 Å². The molecule has 1 aromatic heterocycles. The fraction of sp³-hybridized carbons (Fsp3) is 0.115. The van der Waals surface area contributed by atoms with Crippen LogP contribution in [0.25, 0.3) is 11.3 Å². The van der Waals surface area contributed by atoms with Crippen molar-refractivity contribution in [1.29, 1.82) is 0 Å². The Morgan fingerprint density at radius 1 is 0.970 bits per heavy atom. The Kier molecular flexibility index (Phi) is 6.70. The average molecular weight is 459 g/mol. The average Bonchev–Trinajstić information content (AvgIpc) is 2.82. The summed E-state index contributed by atoms with van der Waals surface area (Å²) in [4.78, 5) is 22.6. The molecule has 1 heterocycles. The van der Waals surface area contributed by atoms with Gasteiger partial charge in [0.05, 0.1) is 10.6 Å². The molecular weight excluding hydrogens is 435 g/mol. The number of carbonyl (C=O) groups is 1. The minimum Gasteiger partial charge on any atom is -0.324 e. The van der Waals surface area contributed by atoms with Crippen molar-refractivity contribution in [3.63, 3.8) is 0 Å². The number of benzene rings is 3. The van der Waals surface area contributed by atoms with Crippen molar-refractivity contribution in [3.05, 3.63) is 95.4 Å². The zero-order chi connectivity index (χ0) is 23.4. The molecule has 0 saturated carbocycles. The molecule has 33 heavy (non-hydrogen) atoms. The molecule has 0 radical (unpaired) electrons. The van der Waals surface area contributed by atoms with E-state index in [4.69, 9.17) is 0 Å². The molecule has 3 aromatic carbocycles. The second-order valence-electron chi connectivity index (χ2n) is 7.59. The minimum atomic E-state index is -0.293. The van der Waals surface area contributed by atoms with Crippen molar-refractivity contribution in [3.8, 4) is 11.3 Å². The predicted octanol–water partition coefficient (Wildman–Crippen LogP) is 6.62. The summed E-state index contributed by atoms with van der Waals surface area (Å²) >= 11 is 1.53. The van der Waals surface area contributed by atoms with Crippen LogP contribution in [-0.4, -0.2) is 22.1 Å². The molecule has 0 bridgehead atoms. The number of aryl methyl sites for hydroxylation is 2. The lowest BCUT2D eigenvalue weighted by molar-refractivity contribution is 0.102. The maximum Gasteiger partial charge on any atom is 0.255 e. The molecular formula is C26H23FN4OS. The van der Waals surface area contributed by atoms with Gasteiger partial charge in [-0.2, -0.15) is 0 Å². The maximum absolute atomic E-state index is 13.3. The van der Waals surface area contributed by atoms with Crippen LogP contribution in [0.4, 0.5) is 21.7 Å². The molecule has 0 aliphatic rings. The van der Waals surface area contributed by atoms with Gasteiger partial charge < -0.3 is 10.6 Å². The Balaban J connectivity index is 1.51. The highest BCUT2D eigenvalue weighted by Crippen LogP contribution is 2.29. The first kappa shape index (κ1) is 22.5. The highest BCUT2D eigenvalue weighted by molar-refractivity contribution is 7.98. The van der Waals surface area contributed by atoms with Gasteiger partial charge >= 0.3 is 0 Å². The van der Waals surface area contributed by atoms with Gasteiger partial charge in [0.2, 0.25) is 5.95 Å². The quantitative estimate of drug-likeness (QED) is 0.318. The third kappa shape index (κ3) is 5.38. The van der Waals surface area contributed by atoms with Crippen molar-refractivity contribution in [1.82, 2.24) is 9.97 Å². The lowest BCUT2D eigenvalue weighted by atomic mass is 10.1. The lowest BCUT2D eigenvalue weighted by Crippen LogP contribution is -2.12. The van der Waals surface area contributed by atoms with Crippen LogP contribution in [0.2, 0.25) is 0 Å². The van der Waals surface area contributed by atoms with Crippen molar-refractivity contribution in [2.24, 2.45) is 0 Å². The Morgan fingerprint density at radius 3 is 2.39 bits per heavy atom. The normalized spacial score (nSPS) is 10.7. The van der Waals surface area contributed by atoms with Crippen LogP contribution in [0, 0.1) is 19.7 Å². The summed E-state index contributed by atoms with van der Waals surface area (Å²) < 4.78 is 13.3. The van der Waals surface area contributed by atoms with Crippen molar-refractivity contribution in [2.75, 3.05) is 16.9 Å². The zero-order valence-corrected chi connectivity index (χ0v) is 19.3. The molecule has 0 spiro atoms. The highest BCUT2D eigenvalue weighted by Gasteiger charge is 2.11. The summed E-state index contributed by atoms with van der Waals surface area (Å²) in [5.41, 5.74) is 5.73. The number of rotatable bonds is 6. The number of halogens is 1. The van der Waals surface area contributed by atoms with Crippen LogP contribution in [0.5, 0.6) is 0 Å². The summed E-state index contributed by atoms with van der Waals surface area (Å²) in [5, 5.41) is 6.14. The molecule has 166 valence electrons. The number of anilines is 3. The molecule has 5 nitrogen and oxygen atoms in total. The van der Waals surface area contributed by atoms with Crippen LogP contribution in [0.1, 0.15) is 21.5 Å². The Labute approximate surface area is 196 Å². The van der Waals surface area contributed by atoms with Gasteiger partial charge in [0.1, 0.15) is 5.82 Å². The maximum atomic E-state index is 13.3. The summed E-state index contributed by atoms with van der Waals surface area (Å²) in [6.45, 7) is 3.95. The summed E-state index contributed by atoms with van der Waals surface area (Å²) in [5.74, 6) is -0.0485. The number of carbonyl (C=O) groups excluding carboxylic acids is 1. The van der Waals surface area contributed by atoms with Crippen LogP contribution in [0.15, 0.2) is 77.8 Å².